The first kappa shape index (κ1) is 24.8. The predicted octanol–water partition coefficient (Wildman–Crippen LogP) is 3.01. The molecule has 2 aromatic rings. The highest BCUT2D eigenvalue weighted by Gasteiger charge is 2.26. The van der Waals surface area contributed by atoms with Gasteiger partial charge in [-0.05, 0) is 77.7 Å². The molecule has 1 aliphatic carbocycles. The molecule has 0 unspecified atom stereocenters. The Labute approximate surface area is 209 Å². The summed E-state index contributed by atoms with van der Waals surface area (Å²) in [6, 6.07) is 8.69. The molecule has 0 atom stereocenters. The second kappa shape index (κ2) is 11.3. The number of nitrogens with zero attached hydrogens (tertiary/aromatic N) is 1. The number of anilines is 1. The average molecular weight is 585 g/mol. The molecule has 3 N–H and O–H groups in total. The Bertz CT molecular complexity index is 1100. The Morgan fingerprint density at radius 1 is 1.21 bits per heavy atom. The lowest BCUT2D eigenvalue weighted by molar-refractivity contribution is -0.139. The van der Waals surface area contributed by atoms with Gasteiger partial charge in [0.05, 0.1) is 16.9 Å². The number of halogens is 2. The number of nitrogens with one attached hydrogen (secondary N) is 3. The van der Waals surface area contributed by atoms with E-state index in [-0.39, 0.29) is 18.6 Å². The summed E-state index contributed by atoms with van der Waals surface area (Å²) in [4.78, 5) is 35.6. The number of benzene rings is 2. The zero-order valence-corrected chi connectivity index (χ0v) is 20.8. The summed E-state index contributed by atoms with van der Waals surface area (Å²) in [6.07, 6.45) is 3.15. The molecule has 1 aliphatic rings. The van der Waals surface area contributed by atoms with Crippen molar-refractivity contribution in [2.45, 2.75) is 25.8 Å². The van der Waals surface area contributed by atoms with Crippen LogP contribution in [0.2, 0.25) is 5.02 Å². The normalized spacial score (nSPS) is 12.8. The van der Waals surface area contributed by atoms with E-state index in [0.717, 1.165) is 18.4 Å². The van der Waals surface area contributed by atoms with E-state index >= 15 is 0 Å². The highest BCUT2D eigenvalue weighted by Crippen LogP contribution is 2.33. The molecule has 0 radical (unpaired) electrons. The Balaban J connectivity index is 1.58. The van der Waals surface area contributed by atoms with Gasteiger partial charge in [-0.1, -0.05) is 17.7 Å². The minimum Gasteiger partial charge on any atom is -0.493 e. The molecule has 2 aromatic carbocycles. The molecule has 0 heterocycles. The van der Waals surface area contributed by atoms with Gasteiger partial charge in [-0.25, -0.2) is 5.43 Å². The van der Waals surface area contributed by atoms with Crippen LogP contribution in [0.15, 0.2) is 35.4 Å². The van der Waals surface area contributed by atoms with Crippen LogP contribution >= 0.6 is 34.2 Å². The Morgan fingerprint density at radius 2 is 1.97 bits per heavy atom. The third-order valence-electron chi connectivity index (χ3n) is 4.55. The number of hydrogen-bond acceptors (Lipinski definition) is 6. The molecule has 1 saturated carbocycles. The quantitative estimate of drug-likeness (QED) is 0.191. The second-order valence-corrected chi connectivity index (χ2v) is 8.85. The number of methoxy groups -OCH3 is 1. The van der Waals surface area contributed by atoms with Crippen LogP contribution in [-0.2, 0) is 14.4 Å². The van der Waals surface area contributed by atoms with Crippen LogP contribution in [0.4, 0.5) is 5.69 Å². The summed E-state index contributed by atoms with van der Waals surface area (Å²) in [5.74, 6) is -1.13. The molecule has 0 aromatic heterocycles. The Kier molecular flexibility index (Phi) is 8.50. The van der Waals surface area contributed by atoms with Crippen molar-refractivity contribution in [2.75, 3.05) is 19.0 Å². The van der Waals surface area contributed by atoms with Crippen molar-refractivity contribution in [2.24, 2.45) is 5.10 Å². The maximum Gasteiger partial charge on any atom is 0.329 e. The predicted molar refractivity (Wildman–Crippen MR) is 133 cm³/mol. The summed E-state index contributed by atoms with van der Waals surface area (Å²) >= 11 is 8.12. The zero-order valence-electron chi connectivity index (χ0n) is 17.9. The lowest BCUT2D eigenvalue weighted by Crippen LogP contribution is -2.38. The number of hydrogen-bond donors (Lipinski definition) is 3. The number of aryl methyl sites for hydroxylation is 1. The van der Waals surface area contributed by atoms with Gasteiger partial charge in [-0.3, -0.25) is 14.4 Å². The van der Waals surface area contributed by atoms with Gasteiger partial charge < -0.3 is 20.1 Å². The van der Waals surface area contributed by atoms with Gasteiger partial charge in [-0.15, -0.1) is 0 Å². The summed E-state index contributed by atoms with van der Waals surface area (Å²) in [5, 5.41) is 9.67. The van der Waals surface area contributed by atoms with E-state index < -0.39 is 11.8 Å². The number of carbonyl (C=O) groups is 3. The van der Waals surface area contributed by atoms with E-state index in [1.807, 2.05) is 35.6 Å². The standard InChI is InChI=1S/C22H22ClIN4O5/c1-12-3-4-15(9-16(12)23)26-19(29)11-33-20-17(24)7-13(8-18(20)32-2)10-25-28-22(31)21(30)27-14-5-6-14/h3-4,7-10,14H,5-6,11H2,1-2H3,(H,26,29)(H,27,30)(H,28,31)/b25-10-. The first-order valence-corrected chi connectivity index (χ1v) is 11.4. The second-order valence-electron chi connectivity index (χ2n) is 7.28. The minimum atomic E-state index is -0.833. The lowest BCUT2D eigenvalue weighted by atomic mass is 10.2. The zero-order chi connectivity index (χ0) is 24.0. The van der Waals surface area contributed by atoms with Crippen LogP contribution in [0, 0.1) is 10.5 Å². The molecule has 0 saturated heterocycles. The molecule has 174 valence electrons. The van der Waals surface area contributed by atoms with Gasteiger partial charge in [0.1, 0.15) is 0 Å². The van der Waals surface area contributed by atoms with Gasteiger partial charge in [0, 0.05) is 16.8 Å². The van der Waals surface area contributed by atoms with E-state index in [4.69, 9.17) is 21.1 Å². The van der Waals surface area contributed by atoms with Gasteiger partial charge in [-0.2, -0.15) is 5.10 Å². The first-order chi connectivity index (χ1) is 15.8. The maximum absolute atomic E-state index is 12.3. The van der Waals surface area contributed by atoms with Crippen LogP contribution in [0.5, 0.6) is 11.5 Å². The van der Waals surface area contributed by atoms with Gasteiger partial charge >= 0.3 is 11.8 Å². The molecule has 3 rings (SSSR count). The SMILES string of the molecule is COc1cc(/C=N\NC(=O)C(=O)NC2CC2)cc(I)c1OCC(=O)Nc1ccc(C)c(Cl)c1. The van der Waals surface area contributed by atoms with Crippen molar-refractivity contribution < 1.29 is 23.9 Å². The highest BCUT2D eigenvalue weighted by molar-refractivity contribution is 14.1. The van der Waals surface area contributed by atoms with Crippen LogP contribution in [-0.4, -0.2) is 43.7 Å². The molecule has 0 spiro atoms. The van der Waals surface area contributed by atoms with Crippen molar-refractivity contribution in [3.05, 3.63) is 50.1 Å². The van der Waals surface area contributed by atoms with Gasteiger partial charge in [0.2, 0.25) is 0 Å². The fraction of sp³-hybridized carbons (Fsp3) is 0.273. The molecule has 3 amide bonds. The molecular formula is C22H22ClIN4O5. The van der Waals surface area contributed by atoms with Crippen molar-refractivity contribution in [1.29, 1.82) is 0 Å². The number of rotatable bonds is 8. The maximum atomic E-state index is 12.3. The Morgan fingerprint density at radius 3 is 2.64 bits per heavy atom. The number of carbonyl (C=O) groups excluding carboxylic acids is 3. The van der Waals surface area contributed by atoms with Crippen LogP contribution in [0.1, 0.15) is 24.0 Å². The van der Waals surface area contributed by atoms with E-state index in [2.05, 4.69) is 21.2 Å². The van der Waals surface area contributed by atoms with Crippen LogP contribution in [0.25, 0.3) is 0 Å². The van der Waals surface area contributed by atoms with E-state index in [0.29, 0.717) is 31.3 Å². The average Bonchev–Trinajstić information content (AvgIpc) is 3.59. The monoisotopic (exact) mass is 584 g/mol. The molecule has 0 bridgehead atoms. The molecule has 0 aliphatic heterocycles. The largest absolute Gasteiger partial charge is 0.493 e. The Hall–Kier alpha value is -2.86. The number of ether oxygens (including phenoxy) is 2. The van der Waals surface area contributed by atoms with Crippen molar-refractivity contribution >= 4 is 63.8 Å². The smallest absolute Gasteiger partial charge is 0.329 e. The van der Waals surface area contributed by atoms with Crippen molar-refractivity contribution in [3.63, 3.8) is 0 Å². The third kappa shape index (κ3) is 7.32. The molecule has 1 fully saturated rings. The third-order valence-corrected chi connectivity index (χ3v) is 5.76. The molecule has 9 nitrogen and oxygen atoms in total. The summed E-state index contributed by atoms with van der Waals surface area (Å²) in [5.41, 5.74) is 4.27. The molecule has 33 heavy (non-hydrogen) atoms. The fourth-order valence-electron chi connectivity index (χ4n) is 2.65. The van der Waals surface area contributed by atoms with Gasteiger partial charge in [0.15, 0.2) is 18.1 Å². The van der Waals surface area contributed by atoms with Crippen molar-refractivity contribution in [3.8, 4) is 11.5 Å². The van der Waals surface area contributed by atoms with Crippen LogP contribution < -0.4 is 25.5 Å². The molecular weight excluding hydrogens is 563 g/mol. The summed E-state index contributed by atoms with van der Waals surface area (Å²) in [7, 11) is 1.47. The summed E-state index contributed by atoms with van der Waals surface area (Å²) in [6.45, 7) is 1.64. The fourth-order valence-corrected chi connectivity index (χ4v) is 3.62. The topological polar surface area (TPSA) is 118 Å². The van der Waals surface area contributed by atoms with E-state index in [1.54, 1.807) is 24.3 Å². The molecule has 11 heteroatoms. The lowest BCUT2D eigenvalue weighted by Gasteiger charge is -2.14. The minimum absolute atomic E-state index is 0.0855. The number of amides is 3. The van der Waals surface area contributed by atoms with Crippen LogP contribution in [0.3, 0.4) is 0 Å². The van der Waals surface area contributed by atoms with E-state index in [1.165, 1.54) is 13.3 Å². The number of hydrazone groups is 1. The van der Waals surface area contributed by atoms with E-state index in [9.17, 15) is 14.4 Å². The highest BCUT2D eigenvalue weighted by atomic mass is 127. The first-order valence-electron chi connectivity index (χ1n) is 9.97. The van der Waals surface area contributed by atoms with Crippen molar-refractivity contribution in [1.82, 2.24) is 10.7 Å². The summed E-state index contributed by atoms with van der Waals surface area (Å²) < 4.78 is 11.7. The van der Waals surface area contributed by atoms with Gasteiger partial charge in [0.25, 0.3) is 5.91 Å².